The largest absolute Gasteiger partial charge is 0.345 e. The number of alkyl halides is 2. The van der Waals surface area contributed by atoms with Gasteiger partial charge in [-0.3, -0.25) is 9.20 Å². The fourth-order valence-corrected chi connectivity index (χ4v) is 2.58. The third-order valence-corrected chi connectivity index (χ3v) is 3.82. The molecular weight excluding hydrogens is 318 g/mol. The fourth-order valence-electron chi connectivity index (χ4n) is 1.80. The summed E-state index contributed by atoms with van der Waals surface area (Å²) < 4.78 is 50.8. The summed E-state index contributed by atoms with van der Waals surface area (Å²) in [6.07, 6.45) is 2.36. The molecule has 1 amide bonds. The van der Waals surface area contributed by atoms with Crippen molar-refractivity contribution in [2.24, 2.45) is 5.73 Å². The van der Waals surface area contributed by atoms with Gasteiger partial charge in [0, 0.05) is 12.5 Å². The molecule has 2 aromatic rings. The Morgan fingerprint density at radius 3 is 2.73 bits per heavy atom. The van der Waals surface area contributed by atoms with Crippen LogP contribution in [0.5, 0.6) is 0 Å². The first kappa shape index (κ1) is 16.3. The van der Waals surface area contributed by atoms with E-state index in [9.17, 15) is 22.0 Å². The van der Waals surface area contributed by atoms with Crippen molar-refractivity contribution in [3.8, 4) is 0 Å². The van der Waals surface area contributed by atoms with Gasteiger partial charge in [-0.2, -0.15) is 0 Å². The zero-order valence-electron chi connectivity index (χ0n) is 11.6. The maximum atomic E-state index is 13.1. The first-order chi connectivity index (χ1) is 10.2. The van der Waals surface area contributed by atoms with Crippen LogP contribution in [0.4, 0.5) is 8.78 Å². The van der Waals surface area contributed by atoms with Gasteiger partial charge in [0.25, 0.3) is 11.8 Å². The number of imidazole rings is 1. The van der Waals surface area contributed by atoms with Gasteiger partial charge in [-0.15, -0.1) is 0 Å². The van der Waals surface area contributed by atoms with E-state index >= 15 is 0 Å². The maximum absolute atomic E-state index is 13.1. The number of hydrogen-bond acceptors (Lipinski definition) is 5. The van der Waals surface area contributed by atoms with Crippen LogP contribution in [-0.2, 0) is 9.84 Å². The number of sulfone groups is 1. The Kier molecular flexibility index (Phi) is 4.16. The second-order valence-corrected chi connectivity index (χ2v) is 6.62. The van der Waals surface area contributed by atoms with Gasteiger partial charge < -0.3 is 11.1 Å². The molecule has 22 heavy (non-hydrogen) atoms. The van der Waals surface area contributed by atoms with Crippen LogP contribution in [0.2, 0.25) is 0 Å². The van der Waals surface area contributed by atoms with Crippen LogP contribution in [0.3, 0.4) is 0 Å². The molecule has 0 aliphatic carbocycles. The molecular formula is C12H14F2N4O3S. The highest BCUT2D eigenvalue weighted by Crippen LogP contribution is 2.17. The van der Waals surface area contributed by atoms with Crippen molar-refractivity contribution in [2.75, 3.05) is 19.3 Å². The quantitative estimate of drug-likeness (QED) is 0.805. The topological polar surface area (TPSA) is 107 Å². The molecule has 0 spiro atoms. The first-order valence-electron chi connectivity index (χ1n) is 6.19. The molecule has 0 saturated heterocycles. The van der Waals surface area contributed by atoms with Crippen LogP contribution in [0.15, 0.2) is 29.6 Å². The minimum absolute atomic E-state index is 0.205. The molecule has 2 heterocycles. The molecule has 0 aliphatic heterocycles. The van der Waals surface area contributed by atoms with Crippen molar-refractivity contribution in [2.45, 2.75) is 11.1 Å². The lowest BCUT2D eigenvalue weighted by Crippen LogP contribution is -2.41. The highest BCUT2D eigenvalue weighted by molar-refractivity contribution is 7.90. The third kappa shape index (κ3) is 3.22. The van der Waals surface area contributed by atoms with Crippen LogP contribution in [0, 0.1) is 0 Å². The lowest BCUT2D eigenvalue weighted by Gasteiger charge is -2.13. The lowest BCUT2D eigenvalue weighted by molar-refractivity contribution is 0.0118. The number of carbonyl (C=O) groups is 1. The van der Waals surface area contributed by atoms with Gasteiger partial charge in [-0.25, -0.2) is 22.2 Å². The maximum Gasteiger partial charge on any atom is 0.277 e. The Labute approximate surface area is 125 Å². The average Bonchev–Trinajstić information content (AvgIpc) is 2.84. The van der Waals surface area contributed by atoms with E-state index in [0.29, 0.717) is 0 Å². The molecule has 3 N–H and O–H groups in total. The van der Waals surface area contributed by atoms with Crippen molar-refractivity contribution in [3.63, 3.8) is 0 Å². The third-order valence-electron chi connectivity index (χ3n) is 2.87. The normalized spacial score (nSPS) is 12.5. The number of nitrogens with two attached hydrogens (primary N) is 1. The van der Waals surface area contributed by atoms with E-state index in [4.69, 9.17) is 5.73 Å². The highest BCUT2D eigenvalue weighted by Gasteiger charge is 2.29. The number of halogens is 2. The van der Waals surface area contributed by atoms with E-state index in [1.165, 1.54) is 16.7 Å². The van der Waals surface area contributed by atoms with E-state index in [2.05, 4.69) is 4.98 Å². The van der Waals surface area contributed by atoms with Crippen LogP contribution in [0.1, 0.15) is 10.5 Å². The van der Waals surface area contributed by atoms with Gasteiger partial charge in [0.1, 0.15) is 0 Å². The molecule has 0 aromatic carbocycles. The summed E-state index contributed by atoms with van der Waals surface area (Å²) in [5.41, 5.74) is 4.85. The molecule has 7 nitrogen and oxygen atoms in total. The average molecular weight is 332 g/mol. The summed E-state index contributed by atoms with van der Waals surface area (Å²) in [5, 5.41) is 1.67. The van der Waals surface area contributed by atoms with Crippen molar-refractivity contribution in [1.29, 1.82) is 0 Å². The molecule has 10 heteroatoms. The van der Waals surface area contributed by atoms with Crippen molar-refractivity contribution in [1.82, 2.24) is 14.7 Å². The Morgan fingerprint density at radius 1 is 1.45 bits per heavy atom. The Hall–Kier alpha value is -2.07. The van der Waals surface area contributed by atoms with Gasteiger partial charge in [0.15, 0.2) is 5.69 Å². The summed E-state index contributed by atoms with van der Waals surface area (Å²) >= 11 is 0. The van der Waals surface area contributed by atoms with Crippen molar-refractivity contribution >= 4 is 21.3 Å². The molecule has 0 fully saturated rings. The fraction of sp³-hybridized carbons (Fsp3) is 0.333. The molecule has 0 bridgehead atoms. The van der Waals surface area contributed by atoms with E-state index in [0.717, 1.165) is 6.26 Å². The number of hydrogen-bond donors (Lipinski definition) is 2. The van der Waals surface area contributed by atoms with Crippen LogP contribution >= 0.6 is 0 Å². The second-order valence-electron chi connectivity index (χ2n) is 4.71. The molecule has 0 radical (unpaired) electrons. The number of nitrogens with zero attached hydrogens (tertiary/aromatic N) is 2. The first-order valence-corrected chi connectivity index (χ1v) is 8.08. The molecule has 2 rings (SSSR count). The molecule has 0 unspecified atom stereocenters. The van der Waals surface area contributed by atoms with Gasteiger partial charge >= 0.3 is 0 Å². The minimum Gasteiger partial charge on any atom is -0.345 e. The number of amides is 1. The number of aromatic nitrogens is 2. The van der Waals surface area contributed by atoms with E-state index in [1.54, 1.807) is 12.1 Å². The number of pyridine rings is 1. The number of rotatable bonds is 5. The molecule has 120 valence electrons. The molecule has 2 aromatic heterocycles. The van der Waals surface area contributed by atoms with E-state index in [-0.39, 0.29) is 16.4 Å². The SMILES string of the molecule is CS(=O)(=O)c1nc(C(=O)NCC(F)(F)CN)c2ccccn12. The summed E-state index contributed by atoms with van der Waals surface area (Å²) in [7, 11) is -3.69. The van der Waals surface area contributed by atoms with Crippen molar-refractivity contribution in [3.05, 3.63) is 30.1 Å². The minimum atomic E-state index is -3.69. The molecule has 0 saturated carbocycles. The zero-order chi connectivity index (χ0) is 16.5. The van der Waals surface area contributed by atoms with Crippen molar-refractivity contribution < 1.29 is 22.0 Å². The number of carbonyl (C=O) groups excluding carboxylic acids is 1. The predicted molar refractivity (Wildman–Crippen MR) is 74.6 cm³/mol. The summed E-state index contributed by atoms with van der Waals surface area (Å²) in [4.78, 5) is 15.8. The summed E-state index contributed by atoms with van der Waals surface area (Å²) in [5.74, 6) is -4.14. The number of nitrogens with one attached hydrogen (secondary N) is 1. The zero-order valence-corrected chi connectivity index (χ0v) is 12.4. The van der Waals surface area contributed by atoms with Gasteiger partial charge in [-0.1, -0.05) is 6.07 Å². The Morgan fingerprint density at radius 2 is 2.14 bits per heavy atom. The summed E-state index contributed by atoms with van der Waals surface area (Å²) in [6, 6.07) is 4.61. The Bertz CT molecular complexity index is 817. The van der Waals surface area contributed by atoms with Gasteiger partial charge in [0.2, 0.25) is 15.0 Å². The smallest absolute Gasteiger partial charge is 0.277 e. The monoisotopic (exact) mass is 332 g/mol. The van der Waals surface area contributed by atoms with E-state index in [1.807, 2.05) is 5.32 Å². The van der Waals surface area contributed by atoms with Crippen LogP contribution < -0.4 is 11.1 Å². The molecule has 0 aliphatic rings. The second kappa shape index (κ2) is 5.61. The highest BCUT2D eigenvalue weighted by atomic mass is 32.2. The Balaban J connectivity index is 2.42. The number of fused-ring (bicyclic) bond motifs is 1. The standard InChI is InChI=1S/C12H14F2N4O3S/c1-22(20,21)11-17-9(8-4-2-3-5-18(8)11)10(19)16-7-12(13,14)6-15/h2-5H,6-7,15H2,1H3,(H,16,19). The molecule has 0 atom stereocenters. The van der Waals surface area contributed by atoms with Gasteiger partial charge in [-0.05, 0) is 12.1 Å². The summed E-state index contributed by atoms with van der Waals surface area (Å²) in [6.45, 7) is -1.87. The van der Waals surface area contributed by atoms with Crippen LogP contribution in [0.25, 0.3) is 5.52 Å². The lowest BCUT2D eigenvalue weighted by atomic mass is 10.3. The predicted octanol–water partition coefficient (Wildman–Crippen LogP) is 0.0616. The van der Waals surface area contributed by atoms with E-state index < -0.39 is 34.8 Å². The van der Waals surface area contributed by atoms with Gasteiger partial charge in [0.05, 0.1) is 18.6 Å². The van der Waals surface area contributed by atoms with Crippen LogP contribution in [-0.4, -0.2) is 49.0 Å².